The summed E-state index contributed by atoms with van der Waals surface area (Å²) in [5.41, 5.74) is 0. The minimum atomic E-state index is -3.52. The number of hydrogen-bond donors (Lipinski definition) is 0. The van der Waals surface area contributed by atoms with Gasteiger partial charge in [-0.1, -0.05) is 22.0 Å². The number of carbonyl (C=O) groups excluding carboxylic acids is 1. The van der Waals surface area contributed by atoms with E-state index in [9.17, 15) is 13.2 Å². The molecule has 1 aromatic carbocycles. The van der Waals surface area contributed by atoms with Crippen LogP contribution in [0.5, 0.6) is 5.75 Å². The summed E-state index contributed by atoms with van der Waals surface area (Å²) in [6.07, 6.45) is 0. The largest absolute Gasteiger partial charge is 0.492 e. The summed E-state index contributed by atoms with van der Waals surface area (Å²) in [5.74, 6) is 0.240. The first-order chi connectivity index (χ1) is 8.76. The first-order valence-electron chi connectivity index (χ1n) is 5.72. The van der Waals surface area contributed by atoms with Crippen LogP contribution in [0.2, 0.25) is 0 Å². The minimum absolute atomic E-state index is 0.0388. The molecule has 1 aromatic rings. The van der Waals surface area contributed by atoms with Crippen LogP contribution in [0.15, 0.2) is 28.7 Å². The van der Waals surface area contributed by atoms with Crippen LogP contribution in [0.4, 0.5) is 0 Å². The number of rotatable bonds is 4. The van der Waals surface area contributed by atoms with Crippen LogP contribution >= 0.6 is 15.9 Å². The van der Waals surface area contributed by atoms with Crippen molar-refractivity contribution in [1.82, 2.24) is 4.31 Å². The Labute approximate surface area is 120 Å². The molecule has 0 radical (unpaired) electrons. The minimum Gasteiger partial charge on any atom is -0.492 e. The van der Waals surface area contributed by atoms with E-state index in [1.54, 1.807) is 12.1 Å². The van der Waals surface area contributed by atoms with Crippen LogP contribution in [-0.4, -0.2) is 36.5 Å². The van der Waals surface area contributed by atoms with Crippen LogP contribution in [0.1, 0.15) is 13.8 Å². The lowest BCUT2D eigenvalue weighted by molar-refractivity contribution is -0.132. The molecule has 19 heavy (non-hydrogen) atoms. The molecule has 104 valence electrons. The molecule has 0 saturated carbocycles. The number of benzene rings is 1. The van der Waals surface area contributed by atoms with Crippen LogP contribution in [0.3, 0.4) is 0 Å². The number of halogens is 1. The highest BCUT2D eigenvalue weighted by atomic mass is 79.9. The fourth-order valence-corrected chi connectivity index (χ4v) is 3.67. The average molecular weight is 348 g/mol. The Morgan fingerprint density at radius 2 is 2.05 bits per heavy atom. The third kappa shape index (κ3) is 2.36. The Kier molecular flexibility index (Phi) is 3.61. The van der Waals surface area contributed by atoms with Gasteiger partial charge in [-0.3, -0.25) is 4.79 Å². The molecule has 7 heteroatoms. The van der Waals surface area contributed by atoms with Gasteiger partial charge in [0, 0.05) is 4.47 Å². The van der Waals surface area contributed by atoms with E-state index in [-0.39, 0.29) is 19.1 Å². The molecule has 1 aliphatic rings. The molecule has 0 unspecified atom stereocenters. The normalized spacial score (nSPS) is 19.9. The molecule has 0 atom stereocenters. The van der Waals surface area contributed by atoms with Crippen molar-refractivity contribution in [2.24, 2.45) is 0 Å². The molecule has 1 amide bonds. The number of sulfonamides is 1. The molecule has 0 N–H and O–H groups in total. The maximum Gasteiger partial charge on any atom is 0.259 e. The highest BCUT2D eigenvalue weighted by molar-refractivity contribution is 9.10. The maximum absolute atomic E-state index is 11.8. The number of amides is 1. The molecule has 1 aliphatic heterocycles. The Balaban J connectivity index is 1.93. The number of carbonyl (C=O) groups is 1. The first-order valence-corrected chi connectivity index (χ1v) is 7.95. The summed E-state index contributed by atoms with van der Waals surface area (Å²) < 4.78 is 29.5. The number of ether oxygens (including phenoxy) is 1. The Hall–Kier alpha value is -1.08. The zero-order valence-corrected chi connectivity index (χ0v) is 13.0. The first kappa shape index (κ1) is 14.3. The van der Waals surface area contributed by atoms with Gasteiger partial charge in [0.1, 0.15) is 12.4 Å². The monoisotopic (exact) mass is 347 g/mol. The van der Waals surface area contributed by atoms with Crippen molar-refractivity contribution in [3.8, 4) is 5.75 Å². The molecule has 1 saturated heterocycles. The smallest absolute Gasteiger partial charge is 0.259 e. The second-order valence-corrected chi connectivity index (χ2v) is 8.03. The lowest BCUT2D eigenvalue weighted by Gasteiger charge is -2.42. The summed E-state index contributed by atoms with van der Waals surface area (Å²) in [6, 6.07) is 7.21. The Morgan fingerprint density at radius 1 is 1.37 bits per heavy atom. The molecular formula is C12H14BrNO4S. The second kappa shape index (κ2) is 4.79. The zero-order chi connectivity index (χ0) is 14.3. The fourth-order valence-electron chi connectivity index (χ4n) is 1.78. The quantitative estimate of drug-likeness (QED) is 0.832. The predicted octanol–water partition coefficient (Wildman–Crippen LogP) is 1.78. The molecule has 0 aromatic heterocycles. The van der Waals surface area contributed by atoms with Crippen molar-refractivity contribution in [3.05, 3.63) is 28.7 Å². The summed E-state index contributed by atoms with van der Waals surface area (Å²) in [4.78, 5) is 11.7. The molecule has 2 rings (SSSR count). The van der Waals surface area contributed by atoms with Crippen molar-refractivity contribution < 1.29 is 17.9 Å². The van der Waals surface area contributed by atoms with Gasteiger partial charge in [-0.25, -0.2) is 12.7 Å². The van der Waals surface area contributed by atoms with Crippen molar-refractivity contribution in [1.29, 1.82) is 0 Å². The van der Waals surface area contributed by atoms with E-state index >= 15 is 0 Å². The van der Waals surface area contributed by atoms with E-state index in [0.717, 1.165) is 8.78 Å². The highest BCUT2D eigenvalue weighted by Crippen LogP contribution is 2.34. The molecular weight excluding hydrogens is 334 g/mol. The van der Waals surface area contributed by atoms with Gasteiger partial charge in [0.15, 0.2) is 4.75 Å². The molecule has 1 heterocycles. The SMILES string of the molecule is CC1(C)C(=O)N(CCOc2cccc(Br)c2)S1(=O)=O. The van der Waals surface area contributed by atoms with Gasteiger partial charge >= 0.3 is 0 Å². The number of hydrogen-bond acceptors (Lipinski definition) is 4. The van der Waals surface area contributed by atoms with E-state index in [2.05, 4.69) is 15.9 Å². The molecule has 0 bridgehead atoms. The maximum atomic E-state index is 11.8. The summed E-state index contributed by atoms with van der Waals surface area (Å²) in [7, 11) is -3.52. The zero-order valence-electron chi connectivity index (χ0n) is 10.6. The Bertz CT molecular complexity index is 612. The van der Waals surface area contributed by atoms with Crippen molar-refractivity contribution in [2.75, 3.05) is 13.2 Å². The van der Waals surface area contributed by atoms with Crippen LogP contribution in [0.25, 0.3) is 0 Å². The second-order valence-electron chi connectivity index (χ2n) is 4.70. The summed E-state index contributed by atoms with van der Waals surface area (Å²) in [6.45, 7) is 3.00. The molecule has 5 nitrogen and oxygen atoms in total. The standard InChI is InChI=1S/C12H14BrNO4S/c1-12(2)11(15)14(19(12,16)17)6-7-18-10-5-3-4-9(13)8-10/h3-5,8H,6-7H2,1-2H3. The van der Waals surface area contributed by atoms with Gasteiger partial charge in [0.25, 0.3) is 15.9 Å². The molecule has 0 spiro atoms. The van der Waals surface area contributed by atoms with Crippen LogP contribution in [-0.2, 0) is 14.8 Å². The van der Waals surface area contributed by atoms with Crippen molar-refractivity contribution in [3.63, 3.8) is 0 Å². The Morgan fingerprint density at radius 3 is 2.63 bits per heavy atom. The lowest BCUT2D eigenvalue weighted by Crippen LogP contribution is -2.67. The third-order valence-corrected chi connectivity index (χ3v) is 5.92. The van der Waals surface area contributed by atoms with Gasteiger partial charge < -0.3 is 4.74 Å². The topological polar surface area (TPSA) is 63.7 Å². The fraction of sp³-hybridized carbons (Fsp3) is 0.417. The number of nitrogens with zero attached hydrogens (tertiary/aromatic N) is 1. The summed E-state index contributed by atoms with van der Waals surface area (Å²) in [5, 5.41) is 0. The molecule has 0 aliphatic carbocycles. The lowest BCUT2D eigenvalue weighted by atomic mass is 10.2. The predicted molar refractivity (Wildman–Crippen MR) is 74.3 cm³/mol. The van der Waals surface area contributed by atoms with E-state index in [1.807, 2.05) is 12.1 Å². The van der Waals surface area contributed by atoms with Crippen LogP contribution in [0, 0.1) is 0 Å². The van der Waals surface area contributed by atoms with E-state index in [4.69, 9.17) is 4.74 Å². The van der Waals surface area contributed by atoms with Gasteiger partial charge in [0.2, 0.25) is 0 Å². The van der Waals surface area contributed by atoms with Crippen molar-refractivity contribution >= 4 is 31.9 Å². The van der Waals surface area contributed by atoms with E-state index in [0.29, 0.717) is 5.75 Å². The van der Waals surface area contributed by atoms with Gasteiger partial charge in [-0.15, -0.1) is 0 Å². The van der Waals surface area contributed by atoms with E-state index < -0.39 is 14.8 Å². The highest BCUT2D eigenvalue weighted by Gasteiger charge is 2.59. The third-order valence-electron chi connectivity index (χ3n) is 3.04. The van der Waals surface area contributed by atoms with Crippen molar-refractivity contribution in [2.45, 2.75) is 18.6 Å². The van der Waals surface area contributed by atoms with E-state index in [1.165, 1.54) is 13.8 Å². The van der Waals surface area contributed by atoms with Gasteiger partial charge in [-0.05, 0) is 32.0 Å². The van der Waals surface area contributed by atoms with Gasteiger partial charge in [-0.2, -0.15) is 0 Å². The summed E-state index contributed by atoms with van der Waals surface area (Å²) >= 11 is 3.31. The molecule has 1 fully saturated rings. The van der Waals surface area contributed by atoms with Crippen LogP contribution < -0.4 is 4.74 Å². The van der Waals surface area contributed by atoms with Gasteiger partial charge in [0.05, 0.1) is 6.54 Å². The average Bonchev–Trinajstić information content (AvgIpc) is 2.33.